The van der Waals surface area contributed by atoms with E-state index in [0.29, 0.717) is 5.56 Å². The van der Waals surface area contributed by atoms with Crippen LogP contribution in [0.15, 0.2) is 24.3 Å². The van der Waals surface area contributed by atoms with Crippen molar-refractivity contribution in [2.24, 2.45) is 5.73 Å². The van der Waals surface area contributed by atoms with Gasteiger partial charge < -0.3 is 20.7 Å². The van der Waals surface area contributed by atoms with Gasteiger partial charge in [0.2, 0.25) is 0 Å². The lowest BCUT2D eigenvalue weighted by Gasteiger charge is -2.16. The number of halogens is 2. The maximum absolute atomic E-state index is 11.8. The van der Waals surface area contributed by atoms with Crippen molar-refractivity contribution in [2.45, 2.75) is 18.8 Å². The normalized spacial score (nSPS) is 14.9. The van der Waals surface area contributed by atoms with Crippen LogP contribution in [0.1, 0.15) is 11.7 Å². The highest BCUT2D eigenvalue weighted by molar-refractivity contribution is 5.29. The molecule has 0 aromatic heterocycles. The number of alkyl halides is 2. The fourth-order valence-electron chi connectivity index (χ4n) is 1.20. The van der Waals surface area contributed by atoms with Gasteiger partial charge in [-0.3, -0.25) is 0 Å². The average Bonchev–Trinajstić information content (AvgIpc) is 2.27. The lowest BCUT2D eigenvalue weighted by molar-refractivity contribution is -0.0499. The molecule has 0 heterocycles. The summed E-state index contributed by atoms with van der Waals surface area (Å²) in [6.45, 7) is -2.97. The average molecular weight is 233 g/mol. The molecule has 0 aliphatic carbocycles. The van der Waals surface area contributed by atoms with E-state index in [-0.39, 0.29) is 12.3 Å². The zero-order valence-corrected chi connectivity index (χ0v) is 8.38. The Morgan fingerprint density at radius 3 is 2.19 bits per heavy atom. The molecule has 2 unspecified atom stereocenters. The summed E-state index contributed by atoms with van der Waals surface area (Å²) in [4.78, 5) is 0. The van der Waals surface area contributed by atoms with Gasteiger partial charge in [-0.05, 0) is 17.7 Å². The number of rotatable bonds is 5. The minimum Gasteiger partial charge on any atom is -0.435 e. The Morgan fingerprint density at radius 2 is 1.75 bits per heavy atom. The molecule has 16 heavy (non-hydrogen) atoms. The van der Waals surface area contributed by atoms with Gasteiger partial charge in [-0.1, -0.05) is 12.1 Å². The van der Waals surface area contributed by atoms with Crippen LogP contribution in [0.5, 0.6) is 5.75 Å². The largest absolute Gasteiger partial charge is 0.435 e. The Kier molecular flexibility index (Phi) is 4.60. The smallest absolute Gasteiger partial charge is 0.387 e. The van der Waals surface area contributed by atoms with E-state index in [4.69, 9.17) is 5.73 Å². The Bertz CT molecular complexity index is 318. The number of hydrogen-bond acceptors (Lipinski definition) is 4. The molecule has 1 aromatic rings. The summed E-state index contributed by atoms with van der Waals surface area (Å²) in [5, 5.41) is 18.8. The minimum atomic E-state index is -2.88. The van der Waals surface area contributed by atoms with E-state index >= 15 is 0 Å². The first-order valence-corrected chi connectivity index (χ1v) is 4.65. The predicted octanol–water partition coefficient (Wildman–Crippen LogP) is 0.641. The van der Waals surface area contributed by atoms with Gasteiger partial charge in [-0.25, -0.2) is 0 Å². The van der Waals surface area contributed by atoms with Gasteiger partial charge in [-0.15, -0.1) is 0 Å². The molecule has 0 fully saturated rings. The van der Waals surface area contributed by atoms with Crippen LogP contribution in [0.25, 0.3) is 0 Å². The summed E-state index contributed by atoms with van der Waals surface area (Å²) in [5.74, 6) is -0.00631. The first-order valence-electron chi connectivity index (χ1n) is 4.65. The van der Waals surface area contributed by atoms with E-state index in [1.165, 1.54) is 24.3 Å². The summed E-state index contributed by atoms with van der Waals surface area (Å²) in [6.07, 6.45) is -2.22. The summed E-state index contributed by atoms with van der Waals surface area (Å²) in [6, 6.07) is 5.35. The number of aliphatic hydroxyl groups is 2. The second kappa shape index (κ2) is 5.74. The van der Waals surface area contributed by atoms with Gasteiger partial charge in [0.25, 0.3) is 0 Å². The van der Waals surface area contributed by atoms with Crippen molar-refractivity contribution >= 4 is 0 Å². The molecule has 4 N–H and O–H groups in total. The molecule has 0 spiro atoms. The second-order valence-corrected chi connectivity index (χ2v) is 3.20. The van der Waals surface area contributed by atoms with E-state index in [9.17, 15) is 19.0 Å². The molecule has 0 bridgehead atoms. The van der Waals surface area contributed by atoms with Gasteiger partial charge in [0.1, 0.15) is 11.9 Å². The molecule has 1 rings (SSSR count). The molecule has 2 atom stereocenters. The van der Waals surface area contributed by atoms with Crippen molar-refractivity contribution in [1.82, 2.24) is 0 Å². The number of benzene rings is 1. The van der Waals surface area contributed by atoms with Crippen molar-refractivity contribution in [3.05, 3.63) is 29.8 Å². The highest BCUT2D eigenvalue weighted by Gasteiger charge is 2.16. The maximum atomic E-state index is 11.8. The lowest BCUT2D eigenvalue weighted by atomic mass is 10.0. The third-order valence-electron chi connectivity index (χ3n) is 2.05. The van der Waals surface area contributed by atoms with Crippen molar-refractivity contribution in [1.29, 1.82) is 0 Å². The first-order chi connectivity index (χ1) is 7.54. The van der Waals surface area contributed by atoms with Crippen molar-refractivity contribution in [3.8, 4) is 5.75 Å². The Labute approximate surface area is 91.3 Å². The molecule has 0 saturated carbocycles. The molecular weight excluding hydrogens is 220 g/mol. The number of nitrogens with two attached hydrogens (primary N) is 1. The second-order valence-electron chi connectivity index (χ2n) is 3.20. The quantitative estimate of drug-likeness (QED) is 0.697. The molecule has 0 aliphatic heterocycles. The van der Waals surface area contributed by atoms with Gasteiger partial charge in [0, 0.05) is 6.54 Å². The third kappa shape index (κ3) is 3.41. The maximum Gasteiger partial charge on any atom is 0.387 e. The molecule has 0 amide bonds. The van der Waals surface area contributed by atoms with Crippen LogP contribution in [0, 0.1) is 0 Å². The lowest BCUT2D eigenvalue weighted by Crippen LogP contribution is -2.27. The van der Waals surface area contributed by atoms with Crippen LogP contribution in [-0.2, 0) is 0 Å². The third-order valence-corrected chi connectivity index (χ3v) is 2.05. The highest BCUT2D eigenvalue weighted by Crippen LogP contribution is 2.21. The molecule has 4 nitrogen and oxygen atoms in total. The summed E-state index contributed by atoms with van der Waals surface area (Å²) in [5.41, 5.74) is 5.56. The standard InChI is InChI=1S/C10H13F2NO3/c11-10(12)16-7-3-1-6(2-4-7)9(15)8(14)5-13/h1-4,8-10,14-15H,5,13H2. The summed E-state index contributed by atoms with van der Waals surface area (Å²) in [7, 11) is 0. The Hall–Kier alpha value is -1.24. The fraction of sp³-hybridized carbons (Fsp3) is 0.400. The Balaban J connectivity index is 2.70. The van der Waals surface area contributed by atoms with Gasteiger partial charge in [-0.2, -0.15) is 8.78 Å². The van der Waals surface area contributed by atoms with Gasteiger partial charge >= 0.3 is 6.61 Å². The van der Waals surface area contributed by atoms with E-state index < -0.39 is 18.8 Å². The van der Waals surface area contributed by atoms with Gasteiger partial charge in [0.05, 0.1) is 6.10 Å². The van der Waals surface area contributed by atoms with Crippen LogP contribution in [0.2, 0.25) is 0 Å². The molecule has 0 radical (unpaired) electrons. The summed E-state index contributed by atoms with van der Waals surface area (Å²) < 4.78 is 27.8. The minimum absolute atomic E-state index is 0.00631. The van der Waals surface area contributed by atoms with Crippen LogP contribution in [-0.4, -0.2) is 29.5 Å². The topological polar surface area (TPSA) is 75.7 Å². The number of hydrogen-bond donors (Lipinski definition) is 3. The molecule has 90 valence electrons. The van der Waals surface area contributed by atoms with Crippen LogP contribution in [0.3, 0.4) is 0 Å². The molecule has 6 heteroatoms. The monoisotopic (exact) mass is 233 g/mol. The molecule has 1 aromatic carbocycles. The first kappa shape index (κ1) is 12.8. The highest BCUT2D eigenvalue weighted by atomic mass is 19.3. The Morgan fingerprint density at radius 1 is 1.19 bits per heavy atom. The molecule has 0 aliphatic rings. The zero-order valence-electron chi connectivity index (χ0n) is 8.38. The fourth-order valence-corrected chi connectivity index (χ4v) is 1.20. The predicted molar refractivity (Wildman–Crippen MR) is 53.1 cm³/mol. The number of ether oxygens (including phenoxy) is 1. The summed E-state index contributed by atoms with van der Waals surface area (Å²) >= 11 is 0. The van der Waals surface area contributed by atoms with Crippen LogP contribution >= 0.6 is 0 Å². The zero-order chi connectivity index (χ0) is 12.1. The van der Waals surface area contributed by atoms with Crippen molar-refractivity contribution in [3.63, 3.8) is 0 Å². The molecular formula is C10H13F2NO3. The van der Waals surface area contributed by atoms with E-state index in [1.807, 2.05) is 0 Å². The van der Waals surface area contributed by atoms with Crippen molar-refractivity contribution in [2.75, 3.05) is 6.54 Å². The molecule has 0 saturated heterocycles. The van der Waals surface area contributed by atoms with Crippen molar-refractivity contribution < 1.29 is 23.7 Å². The van der Waals surface area contributed by atoms with Gasteiger partial charge in [0.15, 0.2) is 0 Å². The number of aliphatic hydroxyl groups excluding tert-OH is 2. The SMILES string of the molecule is NCC(O)C(O)c1ccc(OC(F)F)cc1. The van der Waals surface area contributed by atoms with E-state index in [0.717, 1.165) is 0 Å². The van der Waals surface area contributed by atoms with Crippen LogP contribution < -0.4 is 10.5 Å². The van der Waals surface area contributed by atoms with E-state index in [2.05, 4.69) is 4.74 Å². The van der Waals surface area contributed by atoms with Crippen LogP contribution in [0.4, 0.5) is 8.78 Å². The van der Waals surface area contributed by atoms with E-state index in [1.54, 1.807) is 0 Å².